The van der Waals surface area contributed by atoms with Gasteiger partial charge in [0.05, 0.1) is 0 Å². The maximum atomic E-state index is 6.01. The molecule has 18 heavy (non-hydrogen) atoms. The van der Waals surface area contributed by atoms with Crippen LogP contribution in [0.5, 0.6) is 0 Å². The molecule has 0 spiro atoms. The van der Waals surface area contributed by atoms with Gasteiger partial charge in [0.1, 0.15) is 0 Å². The molecule has 1 nitrogen and oxygen atoms in total. The zero-order valence-electron chi connectivity index (χ0n) is 9.84. The summed E-state index contributed by atoms with van der Waals surface area (Å²) in [5.41, 5.74) is 9.21. The van der Waals surface area contributed by atoms with E-state index in [0.717, 1.165) is 11.3 Å². The summed E-state index contributed by atoms with van der Waals surface area (Å²) in [7, 11) is 0. The van der Waals surface area contributed by atoms with Gasteiger partial charge in [0.2, 0.25) is 0 Å². The van der Waals surface area contributed by atoms with E-state index in [9.17, 15) is 0 Å². The number of nitrogens with two attached hydrogens (primary N) is 1. The predicted octanol–water partition coefficient (Wildman–Crippen LogP) is 4.66. The highest BCUT2D eigenvalue weighted by Crippen LogP contribution is 2.36. The van der Waals surface area contributed by atoms with Gasteiger partial charge in [-0.3, -0.25) is 0 Å². The first-order valence-electron chi connectivity index (χ1n) is 5.85. The molecule has 0 aliphatic heterocycles. The molecular formula is C16H13NS. The number of benzene rings is 2. The lowest BCUT2D eigenvalue weighted by molar-refractivity contribution is 1.67. The standard InChI is InChI=1S/C16H13NS/c17-14-9-5-4-8-13(14)16-11-10-15(18-16)12-6-2-1-3-7-12/h1-11H,17H2. The highest BCUT2D eigenvalue weighted by Gasteiger charge is 2.06. The van der Waals surface area contributed by atoms with E-state index in [-0.39, 0.29) is 0 Å². The number of rotatable bonds is 2. The van der Waals surface area contributed by atoms with Gasteiger partial charge < -0.3 is 5.73 Å². The Balaban J connectivity index is 2.03. The number of hydrogen-bond donors (Lipinski definition) is 1. The molecule has 0 fully saturated rings. The molecule has 0 aliphatic carbocycles. The van der Waals surface area contributed by atoms with Crippen LogP contribution < -0.4 is 5.73 Å². The molecule has 0 amide bonds. The minimum Gasteiger partial charge on any atom is -0.398 e. The molecular weight excluding hydrogens is 238 g/mol. The Morgan fingerprint density at radius 1 is 0.667 bits per heavy atom. The molecule has 0 saturated heterocycles. The minimum atomic E-state index is 0.832. The van der Waals surface area contributed by atoms with Crippen molar-refractivity contribution in [1.29, 1.82) is 0 Å². The third-order valence-corrected chi connectivity index (χ3v) is 4.06. The fraction of sp³-hybridized carbons (Fsp3) is 0. The van der Waals surface area contributed by atoms with Gasteiger partial charge in [-0.2, -0.15) is 0 Å². The van der Waals surface area contributed by atoms with Gasteiger partial charge in [0.15, 0.2) is 0 Å². The summed E-state index contributed by atoms with van der Waals surface area (Å²) in [5, 5.41) is 0. The quantitative estimate of drug-likeness (QED) is 0.658. The molecule has 0 unspecified atom stereocenters. The van der Waals surface area contributed by atoms with Crippen molar-refractivity contribution in [1.82, 2.24) is 0 Å². The third kappa shape index (κ3) is 2.03. The molecule has 3 aromatic rings. The highest BCUT2D eigenvalue weighted by molar-refractivity contribution is 7.18. The first-order chi connectivity index (χ1) is 8.84. The van der Waals surface area contributed by atoms with Crippen molar-refractivity contribution in [3.8, 4) is 20.9 Å². The first-order valence-corrected chi connectivity index (χ1v) is 6.66. The van der Waals surface area contributed by atoms with Crippen molar-refractivity contribution in [3.63, 3.8) is 0 Å². The van der Waals surface area contributed by atoms with Crippen molar-refractivity contribution in [3.05, 3.63) is 66.7 Å². The van der Waals surface area contributed by atoms with Crippen LogP contribution in [0.4, 0.5) is 5.69 Å². The summed E-state index contributed by atoms with van der Waals surface area (Å²) in [6.45, 7) is 0. The summed E-state index contributed by atoms with van der Waals surface area (Å²) < 4.78 is 0. The molecule has 2 aromatic carbocycles. The average molecular weight is 251 g/mol. The number of thiophene rings is 1. The van der Waals surface area contributed by atoms with Crippen molar-refractivity contribution in [2.45, 2.75) is 0 Å². The highest BCUT2D eigenvalue weighted by atomic mass is 32.1. The van der Waals surface area contributed by atoms with E-state index in [1.165, 1.54) is 15.3 Å². The number of para-hydroxylation sites is 1. The van der Waals surface area contributed by atoms with E-state index < -0.39 is 0 Å². The van der Waals surface area contributed by atoms with E-state index in [1.807, 2.05) is 24.3 Å². The van der Waals surface area contributed by atoms with Gasteiger partial charge in [-0.05, 0) is 23.8 Å². The van der Waals surface area contributed by atoms with Crippen LogP contribution in [0.3, 0.4) is 0 Å². The number of hydrogen-bond acceptors (Lipinski definition) is 2. The normalized spacial score (nSPS) is 10.4. The Labute approximate surface area is 111 Å². The second-order valence-electron chi connectivity index (χ2n) is 4.12. The molecule has 2 N–H and O–H groups in total. The molecule has 0 bridgehead atoms. The molecule has 0 radical (unpaired) electrons. The second-order valence-corrected chi connectivity index (χ2v) is 5.20. The molecule has 88 valence electrons. The van der Waals surface area contributed by atoms with Crippen LogP contribution in [0, 0.1) is 0 Å². The summed E-state index contributed by atoms with van der Waals surface area (Å²) in [6.07, 6.45) is 0. The van der Waals surface area contributed by atoms with Crippen LogP contribution in [0.2, 0.25) is 0 Å². The molecule has 3 rings (SSSR count). The average Bonchev–Trinajstić information content (AvgIpc) is 2.90. The van der Waals surface area contributed by atoms with Gasteiger partial charge in [0.25, 0.3) is 0 Å². The van der Waals surface area contributed by atoms with Gasteiger partial charge in [-0.1, -0.05) is 48.5 Å². The Bertz CT molecular complexity index is 656. The van der Waals surface area contributed by atoms with Gasteiger partial charge in [-0.15, -0.1) is 11.3 Å². The lowest BCUT2D eigenvalue weighted by atomic mass is 10.1. The zero-order chi connectivity index (χ0) is 12.4. The Morgan fingerprint density at radius 2 is 1.33 bits per heavy atom. The lowest BCUT2D eigenvalue weighted by Crippen LogP contribution is -1.86. The summed E-state index contributed by atoms with van der Waals surface area (Å²) >= 11 is 1.77. The molecule has 1 heterocycles. The molecule has 2 heteroatoms. The van der Waals surface area contributed by atoms with Crippen molar-refractivity contribution < 1.29 is 0 Å². The summed E-state index contributed by atoms with van der Waals surface area (Å²) in [5.74, 6) is 0. The fourth-order valence-corrected chi connectivity index (χ4v) is 3.02. The third-order valence-electron chi connectivity index (χ3n) is 2.89. The van der Waals surface area contributed by atoms with Crippen LogP contribution in [0.25, 0.3) is 20.9 Å². The maximum Gasteiger partial charge on any atom is 0.0401 e. The SMILES string of the molecule is Nc1ccccc1-c1ccc(-c2ccccc2)s1. The smallest absolute Gasteiger partial charge is 0.0401 e. The van der Waals surface area contributed by atoms with Crippen LogP contribution in [0.15, 0.2) is 66.7 Å². The second kappa shape index (κ2) is 4.67. The fourth-order valence-electron chi connectivity index (χ4n) is 1.96. The monoisotopic (exact) mass is 251 g/mol. The van der Waals surface area contributed by atoms with Gasteiger partial charge in [0, 0.05) is 21.0 Å². The molecule has 0 saturated carbocycles. The number of anilines is 1. The maximum absolute atomic E-state index is 6.01. The Morgan fingerprint density at radius 3 is 2.11 bits per heavy atom. The summed E-state index contributed by atoms with van der Waals surface area (Å²) in [6, 6.07) is 22.7. The van der Waals surface area contributed by atoms with Crippen molar-refractivity contribution >= 4 is 17.0 Å². The minimum absolute atomic E-state index is 0.832. The van der Waals surface area contributed by atoms with Crippen LogP contribution in [-0.4, -0.2) is 0 Å². The van der Waals surface area contributed by atoms with Crippen molar-refractivity contribution in [2.75, 3.05) is 5.73 Å². The molecule has 0 atom stereocenters. The molecule has 1 aromatic heterocycles. The predicted molar refractivity (Wildman–Crippen MR) is 79.6 cm³/mol. The topological polar surface area (TPSA) is 26.0 Å². The van der Waals surface area contributed by atoms with Gasteiger partial charge in [-0.25, -0.2) is 0 Å². The molecule has 0 aliphatic rings. The van der Waals surface area contributed by atoms with Crippen LogP contribution >= 0.6 is 11.3 Å². The Kier molecular flexibility index (Phi) is 2.87. The van der Waals surface area contributed by atoms with Crippen molar-refractivity contribution in [2.24, 2.45) is 0 Å². The number of nitrogen functional groups attached to an aromatic ring is 1. The van der Waals surface area contributed by atoms with E-state index in [0.29, 0.717) is 0 Å². The van der Waals surface area contributed by atoms with E-state index in [1.54, 1.807) is 11.3 Å². The van der Waals surface area contributed by atoms with E-state index in [4.69, 9.17) is 5.73 Å². The largest absolute Gasteiger partial charge is 0.398 e. The first kappa shape index (κ1) is 11.1. The van der Waals surface area contributed by atoms with E-state index in [2.05, 4.69) is 42.5 Å². The van der Waals surface area contributed by atoms with E-state index >= 15 is 0 Å². The van der Waals surface area contributed by atoms with Gasteiger partial charge >= 0.3 is 0 Å². The summed E-state index contributed by atoms with van der Waals surface area (Å²) in [4.78, 5) is 2.49. The van der Waals surface area contributed by atoms with Crippen LogP contribution in [-0.2, 0) is 0 Å². The van der Waals surface area contributed by atoms with Crippen LogP contribution in [0.1, 0.15) is 0 Å². The Hall–Kier alpha value is -2.06. The lowest BCUT2D eigenvalue weighted by Gasteiger charge is -2.01. The zero-order valence-corrected chi connectivity index (χ0v) is 10.7.